The number of ether oxygens (including phenoxy) is 1. The predicted molar refractivity (Wildman–Crippen MR) is 76.1 cm³/mol. The zero-order valence-corrected chi connectivity index (χ0v) is 12.3. The monoisotopic (exact) mass is 331 g/mol. The fourth-order valence-electron chi connectivity index (χ4n) is 1.54. The molecule has 0 spiro atoms. The van der Waals surface area contributed by atoms with Gasteiger partial charge in [0.2, 0.25) is 0 Å². The maximum atomic E-state index is 6.18. The summed E-state index contributed by atoms with van der Waals surface area (Å²) in [6.45, 7) is 0. The Morgan fingerprint density at radius 1 is 1.35 bits per heavy atom. The molecule has 2 N–H and O–H groups in total. The molecule has 0 aliphatic rings. The third kappa shape index (κ3) is 2.83. The quantitative estimate of drug-likeness (QED) is 0.913. The first-order chi connectivity index (χ1) is 8.11. The summed E-state index contributed by atoms with van der Waals surface area (Å²) in [5.74, 6) is 0.796. The average Bonchev–Trinajstić information content (AvgIpc) is 2.75. The lowest BCUT2D eigenvalue weighted by molar-refractivity contribution is 0.412. The Morgan fingerprint density at radius 2 is 2.12 bits per heavy atom. The van der Waals surface area contributed by atoms with Crippen molar-refractivity contribution in [3.63, 3.8) is 0 Å². The summed E-state index contributed by atoms with van der Waals surface area (Å²) in [5, 5.41) is 0. The van der Waals surface area contributed by atoms with Crippen molar-refractivity contribution in [2.24, 2.45) is 5.73 Å². The van der Waals surface area contributed by atoms with Crippen molar-refractivity contribution in [2.45, 2.75) is 6.04 Å². The first-order valence-electron chi connectivity index (χ1n) is 4.96. The maximum absolute atomic E-state index is 6.18. The van der Waals surface area contributed by atoms with Crippen molar-refractivity contribution in [2.75, 3.05) is 7.11 Å². The van der Waals surface area contributed by atoms with E-state index in [1.54, 1.807) is 7.11 Å². The smallest absolute Gasteiger partial charge is 0.133 e. The van der Waals surface area contributed by atoms with Crippen molar-refractivity contribution in [3.05, 3.63) is 49.6 Å². The minimum Gasteiger partial charge on any atom is -0.496 e. The van der Waals surface area contributed by atoms with Crippen molar-refractivity contribution < 1.29 is 4.74 Å². The SMILES string of the molecule is COc1ccc(C(N)c2ccc(Cl)s2)cc1Br. The molecule has 2 rings (SSSR count). The van der Waals surface area contributed by atoms with Gasteiger partial charge in [-0.05, 0) is 45.8 Å². The lowest BCUT2D eigenvalue weighted by Gasteiger charge is -2.12. The molecule has 2 aromatic rings. The molecule has 0 amide bonds. The number of hydrogen-bond acceptors (Lipinski definition) is 3. The minimum absolute atomic E-state index is 0.158. The molecule has 0 fully saturated rings. The molecule has 2 nitrogen and oxygen atoms in total. The van der Waals surface area contributed by atoms with Crippen LogP contribution >= 0.6 is 38.9 Å². The van der Waals surface area contributed by atoms with Gasteiger partial charge >= 0.3 is 0 Å². The van der Waals surface area contributed by atoms with Gasteiger partial charge in [-0.15, -0.1) is 11.3 Å². The number of hydrogen-bond donors (Lipinski definition) is 1. The van der Waals surface area contributed by atoms with Crippen LogP contribution in [0.4, 0.5) is 0 Å². The van der Waals surface area contributed by atoms with Gasteiger partial charge in [0.05, 0.1) is 22.0 Å². The number of rotatable bonds is 3. The zero-order chi connectivity index (χ0) is 12.4. The third-order valence-corrected chi connectivity index (χ3v) is 4.37. The summed E-state index contributed by atoms with van der Waals surface area (Å²) in [7, 11) is 1.64. The van der Waals surface area contributed by atoms with Crippen molar-refractivity contribution >= 4 is 38.9 Å². The molecule has 0 bridgehead atoms. The van der Waals surface area contributed by atoms with E-state index in [0.29, 0.717) is 0 Å². The topological polar surface area (TPSA) is 35.2 Å². The molecule has 1 atom stereocenters. The van der Waals surface area contributed by atoms with Crippen LogP contribution in [0.1, 0.15) is 16.5 Å². The van der Waals surface area contributed by atoms with Gasteiger partial charge < -0.3 is 10.5 Å². The van der Waals surface area contributed by atoms with E-state index < -0.39 is 0 Å². The molecule has 17 heavy (non-hydrogen) atoms. The predicted octanol–water partition coefficient (Wildman–Crippen LogP) is 4.22. The van der Waals surface area contributed by atoms with Crippen LogP contribution in [-0.2, 0) is 0 Å². The highest BCUT2D eigenvalue weighted by Gasteiger charge is 2.13. The summed E-state index contributed by atoms with van der Waals surface area (Å²) in [4.78, 5) is 1.05. The first-order valence-corrected chi connectivity index (χ1v) is 6.95. The van der Waals surface area contributed by atoms with Gasteiger partial charge in [0.25, 0.3) is 0 Å². The van der Waals surface area contributed by atoms with Crippen LogP contribution in [0.2, 0.25) is 4.34 Å². The number of halogens is 2. The van der Waals surface area contributed by atoms with E-state index in [4.69, 9.17) is 22.1 Å². The summed E-state index contributed by atoms with van der Waals surface area (Å²) < 4.78 is 6.83. The number of benzene rings is 1. The van der Waals surface area contributed by atoms with E-state index in [-0.39, 0.29) is 6.04 Å². The van der Waals surface area contributed by atoms with Crippen LogP contribution in [0.15, 0.2) is 34.8 Å². The second-order valence-corrected chi connectivity index (χ2v) is 6.11. The van der Waals surface area contributed by atoms with E-state index >= 15 is 0 Å². The second kappa shape index (κ2) is 5.40. The normalized spacial score (nSPS) is 12.5. The molecule has 5 heteroatoms. The van der Waals surface area contributed by atoms with E-state index in [2.05, 4.69) is 15.9 Å². The molecule has 1 aromatic heterocycles. The molecular formula is C12H11BrClNOS. The van der Waals surface area contributed by atoms with E-state index in [9.17, 15) is 0 Å². The van der Waals surface area contributed by atoms with Crippen LogP contribution < -0.4 is 10.5 Å². The largest absolute Gasteiger partial charge is 0.496 e. The highest BCUT2D eigenvalue weighted by molar-refractivity contribution is 9.10. The average molecular weight is 333 g/mol. The fraction of sp³-hybridized carbons (Fsp3) is 0.167. The summed E-state index contributed by atoms with van der Waals surface area (Å²) in [5.41, 5.74) is 7.20. The molecule has 1 aromatic carbocycles. The Morgan fingerprint density at radius 3 is 2.65 bits per heavy atom. The molecular weight excluding hydrogens is 322 g/mol. The molecule has 0 aliphatic heterocycles. The molecule has 0 aliphatic carbocycles. The Hall–Kier alpha value is -0.550. The lowest BCUT2D eigenvalue weighted by Crippen LogP contribution is -2.10. The maximum Gasteiger partial charge on any atom is 0.133 e. The van der Waals surface area contributed by atoms with Gasteiger partial charge in [0, 0.05) is 4.88 Å². The van der Waals surface area contributed by atoms with Crippen molar-refractivity contribution in [3.8, 4) is 5.75 Å². The van der Waals surface area contributed by atoms with E-state index in [1.165, 1.54) is 11.3 Å². The Kier molecular flexibility index (Phi) is 4.09. The highest BCUT2D eigenvalue weighted by atomic mass is 79.9. The summed E-state index contributed by atoms with van der Waals surface area (Å²) in [6.07, 6.45) is 0. The molecule has 0 radical (unpaired) electrons. The highest BCUT2D eigenvalue weighted by Crippen LogP contribution is 2.33. The van der Waals surface area contributed by atoms with Gasteiger partial charge in [-0.2, -0.15) is 0 Å². The van der Waals surface area contributed by atoms with Crippen molar-refractivity contribution in [1.82, 2.24) is 0 Å². The summed E-state index contributed by atoms with van der Waals surface area (Å²) >= 11 is 10.9. The van der Waals surface area contributed by atoms with Crippen LogP contribution in [0.3, 0.4) is 0 Å². The minimum atomic E-state index is -0.158. The summed E-state index contributed by atoms with van der Waals surface area (Å²) in [6, 6.07) is 9.48. The van der Waals surface area contributed by atoms with Gasteiger partial charge in [-0.25, -0.2) is 0 Å². The van der Waals surface area contributed by atoms with Crippen LogP contribution in [-0.4, -0.2) is 7.11 Å². The standard InChI is InChI=1S/C12H11BrClNOS/c1-16-9-3-2-7(6-8(9)13)12(15)10-4-5-11(14)17-10/h2-6,12H,15H2,1H3. The molecule has 1 unspecified atom stereocenters. The zero-order valence-electron chi connectivity index (χ0n) is 9.11. The van der Waals surface area contributed by atoms with Gasteiger partial charge in [-0.3, -0.25) is 0 Å². The van der Waals surface area contributed by atoms with Gasteiger partial charge in [0.15, 0.2) is 0 Å². The molecule has 90 valence electrons. The van der Waals surface area contributed by atoms with E-state index in [0.717, 1.165) is 25.0 Å². The lowest BCUT2D eigenvalue weighted by atomic mass is 10.1. The van der Waals surface area contributed by atoms with E-state index in [1.807, 2.05) is 30.3 Å². The van der Waals surface area contributed by atoms with Crippen LogP contribution in [0, 0.1) is 0 Å². The Labute approximate surface area is 117 Å². The van der Waals surface area contributed by atoms with Gasteiger partial charge in [-0.1, -0.05) is 17.7 Å². The fourth-order valence-corrected chi connectivity index (χ4v) is 3.18. The molecule has 1 heterocycles. The number of nitrogens with two attached hydrogens (primary N) is 1. The van der Waals surface area contributed by atoms with Crippen LogP contribution in [0.25, 0.3) is 0 Å². The second-order valence-electron chi connectivity index (χ2n) is 3.51. The third-order valence-electron chi connectivity index (χ3n) is 2.44. The Bertz CT molecular complexity index is 529. The Balaban J connectivity index is 2.31. The number of methoxy groups -OCH3 is 1. The number of thiophene rings is 1. The van der Waals surface area contributed by atoms with Crippen LogP contribution in [0.5, 0.6) is 5.75 Å². The first kappa shape index (κ1) is 12.9. The van der Waals surface area contributed by atoms with Gasteiger partial charge in [0.1, 0.15) is 5.75 Å². The molecule has 0 saturated heterocycles. The van der Waals surface area contributed by atoms with Crippen molar-refractivity contribution in [1.29, 1.82) is 0 Å². The molecule has 0 saturated carbocycles.